The van der Waals surface area contributed by atoms with Crippen LogP contribution < -0.4 is 10.6 Å². The van der Waals surface area contributed by atoms with E-state index in [4.69, 9.17) is 5.11 Å². The Morgan fingerprint density at radius 3 is 2.41 bits per heavy atom. The van der Waals surface area contributed by atoms with E-state index in [1.54, 1.807) is 12.1 Å². The molecule has 5 nitrogen and oxygen atoms in total. The van der Waals surface area contributed by atoms with Crippen molar-refractivity contribution in [2.75, 3.05) is 0 Å². The predicted octanol–water partition coefficient (Wildman–Crippen LogP) is 0.658. The van der Waals surface area contributed by atoms with Crippen molar-refractivity contribution in [1.29, 1.82) is 0 Å². The highest BCUT2D eigenvalue weighted by atomic mass is 16.3. The fourth-order valence-corrected chi connectivity index (χ4v) is 1.17. The first-order chi connectivity index (χ1) is 7.99. The number of carbonyl (C=O) groups excluding carboxylic acids is 2. The van der Waals surface area contributed by atoms with Crippen molar-refractivity contribution in [1.82, 2.24) is 10.6 Å². The number of carbonyl (C=O) groups is 2. The molecule has 0 fully saturated rings. The SMILES string of the molecule is C=C(NC(C)=O)C(=O)NCc1ccc(O)cc1. The Bertz CT molecular complexity index is 438. The summed E-state index contributed by atoms with van der Waals surface area (Å²) in [6.45, 7) is 5.04. The number of hydrogen-bond acceptors (Lipinski definition) is 3. The minimum Gasteiger partial charge on any atom is -0.508 e. The Kier molecular flexibility index (Phi) is 4.28. The zero-order valence-corrected chi connectivity index (χ0v) is 9.49. The van der Waals surface area contributed by atoms with Crippen LogP contribution in [0.2, 0.25) is 0 Å². The number of aromatic hydroxyl groups is 1. The maximum absolute atomic E-state index is 11.4. The predicted molar refractivity (Wildman–Crippen MR) is 62.9 cm³/mol. The van der Waals surface area contributed by atoms with Crippen molar-refractivity contribution >= 4 is 11.8 Å². The fourth-order valence-electron chi connectivity index (χ4n) is 1.17. The summed E-state index contributed by atoms with van der Waals surface area (Å²) in [6, 6.07) is 6.45. The van der Waals surface area contributed by atoms with E-state index in [1.807, 2.05) is 0 Å². The van der Waals surface area contributed by atoms with Crippen LogP contribution in [0.3, 0.4) is 0 Å². The van der Waals surface area contributed by atoms with Crippen LogP contribution in [0, 0.1) is 0 Å². The minimum atomic E-state index is -0.437. The molecule has 0 atom stereocenters. The van der Waals surface area contributed by atoms with Gasteiger partial charge in [-0.3, -0.25) is 9.59 Å². The number of benzene rings is 1. The number of hydrogen-bond donors (Lipinski definition) is 3. The van der Waals surface area contributed by atoms with Gasteiger partial charge in [-0.15, -0.1) is 0 Å². The smallest absolute Gasteiger partial charge is 0.267 e. The standard InChI is InChI=1S/C12H14N2O3/c1-8(14-9(2)15)12(17)13-7-10-3-5-11(16)6-4-10/h3-6,16H,1,7H2,2H3,(H,13,17)(H,14,15). The molecule has 0 radical (unpaired) electrons. The van der Waals surface area contributed by atoms with E-state index in [2.05, 4.69) is 17.2 Å². The molecule has 17 heavy (non-hydrogen) atoms. The van der Waals surface area contributed by atoms with Crippen LogP contribution in [0.15, 0.2) is 36.5 Å². The first kappa shape index (κ1) is 12.8. The monoisotopic (exact) mass is 234 g/mol. The molecule has 1 rings (SSSR count). The van der Waals surface area contributed by atoms with Crippen LogP contribution in [0.1, 0.15) is 12.5 Å². The number of amides is 2. The molecule has 0 spiro atoms. The van der Waals surface area contributed by atoms with Gasteiger partial charge < -0.3 is 15.7 Å². The molecule has 5 heteroatoms. The highest BCUT2D eigenvalue weighted by Gasteiger charge is 2.07. The summed E-state index contributed by atoms with van der Waals surface area (Å²) in [5.74, 6) is -0.606. The van der Waals surface area contributed by atoms with E-state index in [9.17, 15) is 9.59 Å². The van der Waals surface area contributed by atoms with Gasteiger partial charge in [0.2, 0.25) is 5.91 Å². The van der Waals surface area contributed by atoms with Gasteiger partial charge in [-0.05, 0) is 17.7 Å². The van der Waals surface area contributed by atoms with Crippen molar-refractivity contribution < 1.29 is 14.7 Å². The van der Waals surface area contributed by atoms with Crippen LogP contribution in [0.25, 0.3) is 0 Å². The van der Waals surface area contributed by atoms with Gasteiger partial charge in [-0.2, -0.15) is 0 Å². The highest BCUT2D eigenvalue weighted by molar-refractivity contribution is 5.96. The lowest BCUT2D eigenvalue weighted by Crippen LogP contribution is -2.32. The molecule has 1 aromatic rings. The molecule has 2 amide bonds. The molecule has 0 bridgehead atoms. The van der Waals surface area contributed by atoms with Gasteiger partial charge in [0, 0.05) is 13.5 Å². The van der Waals surface area contributed by atoms with Gasteiger partial charge >= 0.3 is 0 Å². The molecule has 0 saturated heterocycles. The first-order valence-corrected chi connectivity index (χ1v) is 5.01. The maximum Gasteiger partial charge on any atom is 0.267 e. The molecule has 0 unspecified atom stereocenters. The molecule has 90 valence electrons. The average molecular weight is 234 g/mol. The van der Waals surface area contributed by atoms with E-state index in [0.717, 1.165) is 5.56 Å². The molecular weight excluding hydrogens is 220 g/mol. The molecular formula is C12H14N2O3. The van der Waals surface area contributed by atoms with Crippen molar-refractivity contribution in [3.63, 3.8) is 0 Å². The zero-order valence-electron chi connectivity index (χ0n) is 9.49. The third-order valence-electron chi connectivity index (χ3n) is 1.99. The lowest BCUT2D eigenvalue weighted by atomic mass is 10.2. The Hall–Kier alpha value is -2.30. The summed E-state index contributed by atoms with van der Waals surface area (Å²) in [5, 5.41) is 14.0. The molecule has 0 aliphatic heterocycles. The van der Waals surface area contributed by atoms with E-state index < -0.39 is 5.91 Å². The summed E-state index contributed by atoms with van der Waals surface area (Å²) in [5.41, 5.74) is 0.850. The first-order valence-electron chi connectivity index (χ1n) is 5.01. The van der Waals surface area contributed by atoms with Gasteiger partial charge in [-0.1, -0.05) is 18.7 Å². The number of rotatable bonds is 4. The molecule has 3 N–H and O–H groups in total. The lowest BCUT2D eigenvalue weighted by molar-refractivity contribution is -0.122. The largest absolute Gasteiger partial charge is 0.508 e. The second-order valence-corrected chi connectivity index (χ2v) is 3.51. The van der Waals surface area contributed by atoms with Crippen molar-refractivity contribution in [2.24, 2.45) is 0 Å². The zero-order chi connectivity index (χ0) is 12.8. The Morgan fingerprint density at radius 1 is 1.29 bits per heavy atom. The number of phenols is 1. The minimum absolute atomic E-state index is 0.0104. The third-order valence-corrected chi connectivity index (χ3v) is 1.99. The van der Waals surface area contributed by atoms with E-state index in [1.165, 1.54) is 19.1 Å². The number of nitrogens with one attached hydrogen (secondary N) is 2. The second kappa shape index (κ2) is 5.69. The Balaban J connectivity index is 2.45. The van der Waals surface area contributed by atoms with Crippen LogP contribution in [-0.4, -0.2) is 16.9 Å². The van der Waals surface area contributed by atoms with Gasteiger partial charge in [0.25, 0.3) is 5.91 Å². The average Bonchev–Trinajstić information content (AvgIpc) is 2.27. The summed E-state index contributed by atoms with van der Waals surface area (Å²) < 4.78 is 0. The normalized spacial score (nSPS) is 9.47. The molecule has 0 heterocycles. The van der Waals surface area contributed by atoms with E-state index in [-0.39, 0.29) is 17.4 Å². The van der Waals surface area contributed by atoms with Crippen LogP contribution in [0.5, 0.6) is 5.75 Å². The molecule has 0 aliphatic carbocycles. The summed E-state index contributed by atoms with van der Waals surface area (Å²) in [7, 11) is 0. The fraction of sp³-hybridized carbons (Fsp3) is 0.167. The van der Waals surface area contributed by atoms with Crippen LogP contribution in [-0.2, 0) is 16.1 Å². The number of phenolic OH excluding ortho intramolecular Hbond substituents is 1. The van der Waals surface area contributed by atoms with Gasteiger partial charge in [0.1, 0.15) is 5.75 Å². The highest BCUT2D eigenvalue weighted by Crippen LogP contribution is 2.09. The Labute approximate surface area is 99.1 Å². The molecule has 0 saturated carbocycles. The van der Waals surface area contributed by atoms with Crippen LogP contribution >= 0.6 is 0 Å². The third kappa shape index (κ3) is 4.38. The topological polar surface area (TPSA) is 78.4 Å². The van der Waals surface area contributed by atoms with Gasteiger partial charge in [-0.25, -0.2) is 0 Å². The van der Waals surface area contributed by atoms with E-state index >= 15 is 0 Å². The molecule has 1 aromatic carbocycles. The molecule has 0 aromatic heterocycles. The van der Waals surface area contributed by atoms with Crippen molar-refractivity contribution in [3.8, 4) is 5.75 Å². The van der Waals surface area contributed by atoms with Crippen LogP contribution in [0.4, 0.5) is 0 Å². The second-order valence-electron chi connectivity index (χ2n) is 3.51. The summed E-state index contributed by atoms with van der Waals surface area (Å²) >= 11 is 0. The van der Waals surface area contributed by atoms with Gasteiger partial charge in [0.15, 0.2) is 0 Å². The lowest BCUT2D eigenvalue weighted by Gasteiger charge is -2.07. The molecule has 0 aliphatic rings. The quantitative estimate of drug-likeness (QED) is 0.669. The summed E-state index contributed by atoms with van der Waals surface area (Å²) in [4.78, 5) is 22.1. The maximum atomic E-state index is 11.4. The van der Waals surface area contributed by atoms with E-state index in [0.29, 0.717) is 6.54 Å². The summed E-state index contributed by atoms with van der Waals surface area (Å²) in [6.07, 6.45) is 0. The van der Waals surface area contributed by atoms with Crippen molar-refractivity contribution in [3.05, 3.63) is 42.1 Å². The van der Waals surface area contributed by atoms with Gasteiger partial charge in [0.05, 0.1) is 5.70 Å². The van der Waals surface area contributed by atoms with Crippen molar-refractivity contribution in [2.45, 2.75) is 13.5 Å². The Morgan fingerprint density at radius 2 is 1.88 bits per heavy atom.